The van der Waals surface area contributed by atoms with Gasteiger partial charge in [-0.05, 0) is 25.3 Å². The highest BCUT2D eigenvalue weighted by atomic mass is 16.4. The van der Waals surface area contributed by atoms with Crippen molar-refractivity contribution in [1.82, 2.24) is 0 Å². The van der Waals surface area contributed by atoms with Crippen LogP contribution in [0.2, 0.25) is 0 Å². The van der Waals surface area contributed by atoms with Gasteiger partial charge in [0.15, 0.2) is 0 Å². The van der Waals surface area contributed by atoms with Crippen LogP contribution < -0.4 is 0 Å². The molecule has 3 heteroatoms. The van der Waals surface area contributed by atoms with Gasteiger partial charge in [0, 0.05) is 0 Å². The van der Waals surface area contributed by atoms with E-state index in [2.05, 4.69) is 0 Å². The average molecular weight is 208 g/mol. The maximum Gasteiger partial charge on any atom is 0.305 e. The Morgan fingerprint density at radius 1 is 1.47 bits per heavy atom. The Balaban J connectivity index is 2.40. The van der Waals surface area contributed by atoms with E-state index in [1.54, 1.807) is 0 Å². The molecule has 82 valence electrons. The molecular weight excluding hydrogens is 192 g/mol. The molecule has 0 bridgehead atoms. The Morgan fingerprint density at radius 3 is 2.80 bits per heavy atom. The first-order valence-corrected chi connectivity index (χ1v) is 5.03. The second-order valence-corrected chi connectivity index (χ2v) is 3.78. The molecule has 1 aromatic rings. The second-order valence-electron chi connectivity index (χ2n) is 3.78. The normalized spacial score (nSPS) is 12.4. The van der Waals surface area contributed by atoms with Gasteiger partial charge in [-0.15, -0.1) is 0 Å². The van der Waals surface area contributed by atoms with Crippen molar-refractivity contribution in [3.05, 3.63) is 35.4 Å². The number of rotatable bonds is 5. The molecule has 0 saturated heterocycles. The number of aryl methyl sites for hydroxylation is 2. The summed E-state index contributed by atoms with van der Waals surface area (Å²) in [4.78, 5) is 10.3. The molecule has 0 aliphatic rings. The third kappa shape index (κ3) is 4.61. The number of carbonyl (C=O) groups is 1. The van der Waals surface area contributed by atoms with Crippen LogP contribution in [0, 0.1) is 6.92 Å². The highest BCUT2D eigenvalue weighted by Crippen LogP contribution is 2.09. The minimum Gasteiger partial charge on any atom is -0.481 e. The van der Waals surface area contributed by atoms with Gasteiger partial charge in [-0.25, -0.2) is 0 Å². The topological polar surface area (TPSA) is 57.5 Å². The fourth-order valence-electron chi connectivity index (χ4n) is 1.50. The molecule has 0 radical (unpaired) electrons. The monoisotopic (exact) mass is 208 g/mol. The summed E-state index contributed by atoms with van der Waals surface area (Å²) in [6, 6.07) is 8.01. The number of aliphatic hydroxyl groups is 1. The van der Waals surface area contributed by atoms with E-state index in [4.69, 9.17) is 5.11 Å². The summed E-state index contributed by atoms with van der Waals surface area (Å²) in [7, 11) is 0. The van der Waals surface area contributed by atoms with Crippen molar-refractivity contribution >= 4 is 5.97 Å². The van der Waals surface area contributed by atoms with Crippen molar-refractivity contribution < 1.29 is 15.0 Å². The standard InChI is InChI=1S/C12H16O3/c1-9-3-2-4-10(7-9)5-6-11(13)8-12(14)15/h2-4,7,11,13H,5-6,8H2,1H3,(H,14,15). The van der Waals surface area contributed by atoms with Crippen LogP contribution in [0.3, 0.4) is 0 Å². The SMILES string of the molecule is Cc1cccc(CCC(O)CC(=O)O)c1. The van der Waals surface area contributed by atoms with Crippen LogP contribution in [-0.2, 0) is 11.2 Å². The van der Waals surface area contributed by atoms with E-state index >= 15 is 0 Å². The molecule has 0 spiro atoms. The van der Waals surface area contributed by atoms with Crippen LogP contribution in [-0.4, -0.2) is 22.3 Å². The van der Waals surface area contributed by atoms with E-state index < -0.39 is 12.1 Å². The highest BCUT2D eigenvalue weighted by molar-refractivity contribution is 5.67. The summed E-state index contributed by atoms with van der Waals surface area (Å²) in [6.45, 7) is 2.01. The van der Waals surface area contributed by atoms with Crippen LogP contribution in [0.4, 0.5) is 0 Å². The maximum atomic E-state index is 10.3. The third-order valence-corrected chi connectivity index (χ3v) is 2.26. The summed E-state index contributed by atoms with van der Waals surface area (Å²) in [5, 5.41) is 17.8. The van der Waals surface area contributed by atoms with Crippen LogP contribution in [0.5, 0.6) is 0 Å². The van der Waals surface area contributed by atoms with Crippen molar-refractivity contribution in [3.8, 4) is 0 Å². The minimum absolute atomic E-state index is 0.175. The van der Waals surface area contributed by atoms with Gasteiger partial charge in [-0.1, -0.05) is 29.8 Å². The number of aliphatic hydroxyl groups excluding tert-OH is 1. The number of carboxylic acid groups (broad SMARTS) is 1. The van der Waals surface area contributed by atoms with Gasteiger partial charge in [0.25, 0.3) is 0 Å². The zero-order chi connectivity index (χ0) is 11.3. The van der Waals surface area contributed by atoms with Crippen LogP contribution in [0.25, 0.3) is 0 Å². The molecule has 0 fully saturated rings. The summed E-state index contributed by atoms with van der Waals surface area (Å²) in [6.07, 6.45) is 0.292. The van der Waals surface area contributed by atoms with Crippen molar-refractivity contribution in [3.63, 3.8) is 0 Å². The van der Waals surface area contributed by atoms with Crippen molar-refractivity contribution in [2.45, 2.75) is 32.3 Å². The summed E-state index contributed by atoms with van der Waals surface area (Å²) in [5.41, 5.74) is 2.32. The Hall–Kier alpha value is -1.35. The fourth-order valence-corrected chi connectivity index (χ4v) is 1.50. The molecule has 1 unspecified atom stereocenters. The Bertz CT molecular complexity index is 333. The summed E-state index contributed by atoms with van der Waals surface area (Å²) < 4.78 is 0. The minimum atomic E-state index is -0.952. The Kier molecular flexibility index (Phi) is 4.31. The van der Waals surface area contributed by atoms with Gasteiger partial charge in [-0.3, -0.25) is 4.79 Å². The van der Waals surface area contributed by atoms with Crippen molar-refractivity contribution in [1.29, 1.82) is 0 Å². The lowest BCUT2D eigenvalue weighted by Crippen LogP contribution is -2.13. The van der Waals surface area contributed by atoms with Gasteiger partial charge in [-0.2, -0.15) is 0 Å². The fraction of sp³-hybridized carbons (Fsp3) is 0.417. The second kappa shape index (κ2) is 5.51. The molecule has 0 heterocycles. The predicted molar refractivity (Wildman–Crippen MR) is 57.8 cm³/mol. The number of hydrogen-bond donors (Lipinski definition) is 2. The first-order valence-electron chi connectivity index (χ1n) is 5.03. The number of benzene rings is 1. The lowest BCUT2D eigenvalue weighted by Gasteiger charge is -2.07. The largest absolute Gasteiger partial charge is 0.481 e. The zero-order valence-electron chi connectivity index (χ0n) is 8.81. The van der Waals surface area contributed by atoms with Crippen molar-refractivity contribution in [2.24, 2.45) is 0 Å². The van der Waals surface area contributed by atoms with Gasteiger partial charge >= 0.3 is 5.97 Å². The van der Waals surface area contributed by atoms with Crippen molar-refractivity contribution in [2.75, 3.05) is 0 Å². The molecular formula is C12H16O3. The molecule has 0 saturated carbocycles. The van der Waals surface area contributed by atoms with Crippen LogP contribution in [0.1, 0.15) is 24.0 Å². The maximum absolute atomic E-state index is 10.3. The van der Waals surface area contributed by atoms with Gasteiger partial charge in [0.2, 0.25) is 0 Å². The van der Waals surface area contributed by atoms with E-state index in [0.29, 0.717) is 6.42 Å². The zero-order valence-corrected chi connectivity index (χ0v) is 8.81. The Labute approximate surface area is 89.4 Å². The quantitative estimate of drug-likeness (QED) is 0.775. The molecule has 0 aliphatic carbocycles. The molecule has 1 aromatic carbocycles. The third-order valence-electron chi connectivity index (χ3n) is 2.26. The number of aliphatic carboxylic acids is 1. The van der Waals surface area contributed by atoms with Crippen LogP contribution >= 0.6 is 0 Å². The number of carboxylic acids is 1. The number of hydrogen-bond acceptors (Lipinski definition) is 2. The average Bonchev–Trinajstić information content (AvgIpc) is 2.14. The molecule has 2 N–H and O–H groups in total. The molecule has 15 heavy (non-hydrogen) atoms. The first kappa shape index (κ1) is 11.7. The molecule has 3 nitrogen and oxygen atoms in total. The summed E-state index contributed by atoms with van der Waals surface area (Å²) in [5.74, 6) is -0.952. The lowest BCUT2D eigenvalue weighted by molar-refractivity contribution is -0.139. The van der Waals surface area contributed by atoms with E-state index in [1.807, 2.05) is 31.2 Å². The molecule has 1 rings (SSSR count). The lowest BCUT2D eigenvalue weighted by atomic mass is 10.0. The molecule has 1 atom stereocenters. The predicted octanol–water partition coefficient (Wildman–Crippen LogP) is 1.76. The summed E-state index contributed by atoms with van der Waals surface area (Å²) >= 11 is 0. The first-order chi connectivity index (χ1) is 7.08. The molecule has 0 aliphatic heterocycles. The van der Waals surface area contributed by atoms with Gasteiger partial charge < -0.3 is 10.2 Å². The molecule has 0 amide bonds. The highest BCUT2D eigenvalue weighted by Gasteiger charge is 2.09. The van der Waals surface area contributed by atoms with Gasteiger partial charge in [0.05, 0.1) is 12.5 Å². The van der Waals surface area contributed by atoms with E-state index in [1.165, 1.54) is 5.56 Å². The molecule has 0 aromatic heterocycles. The van der Waals surface area contributed by atoms with Crippen LogP contribution in [0.15, 0.2) is 24.3 Å². The van der Waals surface area contributed by atoms with Gasteiger partial charge in [0.1, 0.15) is 0 Å². The van der Waals surface area contributed by atoms with E-state index in [-0.39, 0.29) is 6.42 Å². The Morgan fingerprint density at radius 2 is 2.20 bits per heavy atom. The van der Waals surface area contributed by atoms with E-state index in [9.17, 15) is 9.90 Å². The smallest absolute Gasteiger partial charge is 0.305 e. The van der Waals surface area contributed by atoms with E-state index in [0.717, 1.165) is 12.0 Å².